The van der Waals surface area contributed by atoms with Crippen LogP contribution in [0.2, 0.25) is 0 Å². The SMILES string of the molecule is CCCCC(CCCC)Nc1nc2sc(C(=O)OCc3ccccc3)c(C)c2c(=O)o1. The van der Waals surface area contributed by atoms with Gasteiger partial charge in [0.15, 0.2) is 0 Å². The van der Waals surface area contributed by atoms with Crippen molar-refractivity contribution in [2.24, 2.45) is 0 Å². The monoisotopic (exact) mass is 442 g/mol. The fourth-order valence-electron chi connectivity index (χ4n) is 3.48. The molecule has 0 saturated carbocycles. The largest absolute Gasteiger partial charge is 0.457 e. The average molecular weight is 443 g/mol. The molecular weight excluding hydrogens is 412 g/mol. The number of hydrogen-bond acceptors (Lipinski definition) is 7. The van der Waals surface area contributed by atoms with E-state index in [-0.39, 0.29) is 18.7 Å². The molecule has 0 bridgehead atoms. The lowest BCUT2D eigenvalue weighted by Gasteiger charge is -2.17. The maximum absolute atomic E-state index is 12.7. The molecule has 3 aromatic rings. The van der Waals surface area contributed by atoms with E-state index in [0.717, 1.165) is 44.1 Å². The smallest absolute Gasteiger partial charge is 0.349 e. The highest BCUT2D eigenvalue weighted by Gasteiger charge is 2.22. The third kappa shape index (κ3) is 5.94. The van der Waals surface area contributed by atoms with Crippen LogP contribution in [0.5, 0.6) is 0 Å². The quantitative estimate of drug-likeness (QED) is 0.363. The van der Waals surface area contributed by atoms with Crippen molar-refractivity contribution in [1.82, 2.24) is 4.98 Å². The fraction of sp³-hybridized carbons (Fsp3) is 0.458. The molecule has 2 aromatic heterocycles. The van der Waals surface area contributed by atoms with Gasteiger partial charge in [0.05, 0.1) is 0 Å². The second-order valence-corrected chi connectivity index (χ2v) is 8.73. The molecule has 1 N–H and O–H groups in total. The molecule has 0 unspecified atom stereocenters. The fourth-order valence-corrected chi connectivity index (χ4v) is 4.54. The van der Waals surface area contributed by atoms with Crippen LogP contribution >= 0.6 is 11.3 Å². The van der Waals surface area contributed by atoms with Crippen molar-refractivity contribution >= 4 is 33.5 Å². The second kappa shape index (κ2) is 11.1. The van der Waals surface area contributed by atoms with Gasteiger partial charge in [0.2, 0.25) is 0 Å². The highest BCUT2D eigenvalue weighted by molar-refractivity contribution is 7.20. The van der Waals surface area contributed by atoms with Crippen LogP contribution in [-0.4, -0.2) is 17.0 Å². The lowest BCUT2D eigenvalue weighted by Crippen LogP contribution is -2.21. The van der Waals surface area contributed by atoms with E-state index in [4.69, 9.17) is 9.15 Å². The molecule has 31 heavy (non-hydrogen) atoms. The Balaban J connectivity index is 1.80. The van der Waals surface area contributed by atoms with Crippen molar-refractivity contribution in [2.45, 2.75) is 71.9 Å². The first-order valence-electron chi connectivity index (χ1n) is 10.9. The summed E-state index contributed by atoms with van der Waals surface area (Å²) in [6.45, 7) is 6.23. The molecule has 2 heterocycles. The predicted molar refractivity (Wildman–Crippen MR) is 125 cm³/mol. The molecule has 0 atom stereocenters. The Morgan fingerprint density at radius 2 is 1.84 bits per heavy atom. The molecule has 0 fully saturated rings. The highest BCUT2D eigenvalue weighted by atomic mass is 32.1. The van der Waals surface area contributed by atoms with Crippen LogP contribution in [0.1, 0.15) is 73.2 Å². The van der Waals surface area contributed by atoms with Gasteiger partial charge >= 0.3 is 11.6 Å². The molecule has 166 valence electrons. The van der Waals surface area contributed by atoms with Crippen LogP contribution in [0.3, 0.4) is 0 Å². The van der Waals surface area contributed by atoms with Crippen LogP contribution in [0, 0.1) is 6.92 Å². The maximum Gasteiger partial charge on any atom is 0.349 e. The van der Waals surface area contributed by atoms with Gasteiger partial charge < -0.3 is 14.5 Å². The number of carbonyl (C=O) groups excluding carboxylic acids is 1. The Hall–Kier alpha value is -2.67. The number of unbranched alkanes of at least 4 members (excludes halogenated alkanes) is 2. The standard InChI is InChI=1S/C24H30N2O4S/c1-4-6-13-18(14-7-5-2)25-24-26-21-19(22(27)30-24)16(3)20(31-21)23(28)29-15-17-11-9-8-10-12-17/h8-12,18H,4-7,13-15H2,1-3H3,(H,25,26). The molecule has 0 aliphatic heterocycles. The van der Waals surface area contributed by atoms with Crippen molar-refractivity contribution < 1.29 is 13.9 Å². The van der Waals surface area contributed by atoms with Gasteiger partial charge in [0.1, 0.15) is 21.7 Å². The minimum absolute atomic E-state index is 0.179. The third-order valence-corrected chi connectivity index (χ3v) is 6.43. The number of benzene rings is 1. The average Bonchev–Trinajstić information content (AvgIpc) is 3.11. The number of nitrogens with one attached hydrogen (secondary N) is 1. The molecule has 1 aromatic carbocycles. The van der Waals surface area contributed by atoms with Crippen LogP contribution in [0.15, 0.2) is 39.5 Å². The molecule has 0 aliphatic rings. The number of rotatable bonds is 11. The third-order valence-electron chi connectivity index (χ3n) is 5.26. The Bertz CT molecular complexity index is 1050. The van der Waals surface area contributed by atoms with E-state index in [1.54, 1.807) is 6.92 Å². The minimum Gasteiger partial charge on any atom is -0.457 e. The number of anilines is 1. The summed E-state index contributed by atoms with van der Waals surface area (Å²) >= 11 is 1.17. The first-order chi connectivity index (χ1) is 15.0. The molecule has 0 amide bonds. The molecule has 0 saturated heterocycles. The van der Waals surface area contributed by atoms with E-state index in [0.29, 0.717) is 20.7 Å². The van der Waals surface area contributed by atoms with Gasteiger partial charge in [0, 0.05) is 6.04 Å². The minimum atomic E-state index is -0.479. The summed E-state index contributed by atoms with van der Waals surface area (Å²) in [6, 6.07) is 9.92. The summed E-state index contributed by atoms with van der Waals surface area (Å²) in [7, 11) is 0. The number of fused-ring (bicyclic) bond motifs is 1. The normalized spacial score (nSPS) is 11.2. The van der Waals surface area contributed by atoms with Gasteiger partial charge in [-0.3, -0.25) is 0 Å². The summed E-state index contributed by atoms with van der Waals surface area (Å²) in [5, 5.41) is 3.65. The molecule has 6 nitrogen and oxygen atoms in total. The van der Waals surface area contributed by atoms with E-state index in [1.807, 2.05) is 30.3 Å². The zero-order valence-corrected chi connectivity index (χ0v) is 19.2. The Labute approximate surface area is 186 Å². The summed E-state index contributed by atoms with van der Waals surface area (Å²) in [5.41, 5.74) is 0.983. The van der Waals surface area contributed by atoms with Crippen molar-refractivity contribution in [2.75, 3.05) is 5.32 Å². The van der Waals surface area contributed by atoms with Crippen molar-refractivity contribution in [3.63, 3.8) is 0 Å². The summed E-state index contributed by atoms with van der Waals surface area (Å²) in [4.78, 5) is 30.7. The molecule has 0 spiro atoms. The van der Waals surface area contributed by atoms with E-state index < -0.39 is 11.6 Å². The number of thiophene rings is 1. The molecule has 3 rings (SSSR count). The topological polar surface area (TPSA) is 81.4 Å². The van der Waals surface area contributed by atoms with E-state index in [1.165, 1.54) is 11.3 Å². The van der Waals surface area contributed by atoms with Crippen LogP contribution in [0.25, 0.3) is 10.2 Å². The lowest BCUT2D eigenvalue weighted by molar-refractivity contribution is 0.0478. The zero-order chi connectivity index (χ0) is 22.2. The van der Waals surface area contributed by atoms with Gasteiger partial charge in [-0.1, -0.05) is 69.9 Å². The maximum atomic E-state index is 12.7. The number of esters is 1. The number of nitrogens with zero attached hydrogens (tertiary/aromatic N) is 1. The molecular formula is C24H30N2O4S. The van der Waals surface area contributed by atoms with E-state index in [9.17, 15) is 9.59 Å². The Morgan fingerprint density at radius 3 is 2.48 bits per heavy atom. The molecule has 0 aliphatic carbocycles. The highest BCUT2D eigenvalue weighted by Crippen LogP contribution is 2.29. The summed E-state index contributed by atoms with van der Waals surface area (Å²) < 4.78 is 10.9. The van der Waals surface area contributed by atoms with E-state index >= 15 is 0 Å². The first-order valence-corrected chi connectivity index (χ1v) is 11.8. The summed E-state index contributed by atoms with van der Waals surface area (Å²) in [5.74, 6) is -0.456. The number of hydrogen-bond donors (Lipinski definition) is 1. The van der Waals surface area contributed by atoms with Gasteiger partial charge in [0.25, 0.3) is 6.01 Å². The molecule has 0 radical (unpaired) electrons. The van der Waals surface area contributed by atoms with Crippen LogP contribution in [-0.2, 0) is 11.3 Å². The number of aryl methyl sites for hydroxylation is 1. The Kier molecular flexibility index (Phi) is 8.23. The van der Waals surface area contributed by atoms with Crippen molar-refractivity contribution in [3.05, 3.63) is 56.8 Å². The molecule has 7 heteroatoms. The first kappa shape index (κ1) is 23.0. The van der Waals surface area contributed by atoms with Crippen LogP contribution < -0.4 is 10.9 Å². The van der Waals surface area contributed by atoms with Crippen molar-refractivity contribution in [3.8, 4) is 0 Å². The van der Waals surface area contributed by atoms with Crippen LogP contribution in [0.4, 0.5) is 6.01 Å². The van der Waals surface area contributed by atoms with E-state index in [2.05, 4.69) is 24.1 Å². The predicted octanol–water partition coefficient (Wildman–Crippen LogP) is 6.08. The number of aromatic nitrogens is 1. The zero-order valence-electron chi connectivity index (χ0n) is 18.4. The van der Waals surface area contributed by atoms with Gasteiger partial charge in [-0.25, -0.2) is 9.59 Å². The van der Waals surface area contributed by atoms with Gasteiger partial charge in [-0.15, -0.1) is 11.3 Å². The van der Waals surface area contributed by atoms with Gasteiger partial charge in [-0.2, -0.15) is 4.98 Å². The summed E-state index contributed by atoms with van der Waals surface area (Å²) in [6.07, 6.45) is 6.42. The number of carbonyl (C=O) groups is 1. The Morgan fingerprint density at radius 1 is 1.16 bits per heavy atom. The van der Waals surface area contributed by atoms with Gasteiger partial charge in [-0.05, 0) is 30.9 Å². The lowest BCUT2D eigenvalue weighted by atomic mass is 10.0. The van der Waals surface area contributed by atoms with Crippen molar-refractivity contribution in [1.29, 1.82) is 0 Å². The second-order valence-electron chi connectivity index (χ2n) is 7.73. The number of ether oxygens (including phenoxy) is 1.